The number of H-pyrrole nitrogens is 1. The van der Waals surface area contributed by atoms with E-state index < -0.39 is 0 Å². The summed E-state index contributed by atoms with van der Waals surface area (Å²) in [6.07, 6.45) is 4.46. The van der Waals surface area contributed by atoms with Crippen molar-refractivity contribution in [3.8, 4) is 5.75 Å². The quantitative estimate of drug-likeness (QED) is 0.737. The summed E-state index contributed by atoms with van der Waals surface area (Å²) in [7, 11) is 1.75. The minimum Gasteiger partial charge on any atom is -0.496 e. The topological polar surface area (TPSA) is 28.3 Å². The fourth-order valence-electron chi connectivity index (χ4n) is 3.78. The van der Waals surface area contributed by atoms with E-state index in [1.165, 1.54) is 41.5 Å². The van der Waals surface area contributed by atoms with Gasteiger partial charge in [0.2, 0.25) is 0 Å². The van der Waals surface area contributed by atoms with E-state index in [1.807, 2.05) is 12.1 Å². The fraction of sp³-hybridized carbons (Fsp3) is 0.333. The van der Waals surface area contributed by atoms with Crippen molar-refractivity contribution in [1.82, 2.24) is 9.88 Å². The highest BCUT2D eigenvalue weighted by Crippen LogP contribution is 2.32. The molecule has 4 rings (SSSR count). The van der Waals surface area contributed by atoms with Crippen LogP contribution >= 0.6 is 0 Å². The molecule has 1 aliphatic rings. The third-order valence-electron chi connectivity index (χ3n) is 5.13. The van der Waals surface area contributed by atoms with Gasteiger partial charge in [0.15, 0.2) is 0 Å². The lowest BCUT2D eigenvalue weighted by Gasteiger charge is -2.39. The Morgan fingerprint density at radius 2 is 1.88 bits per heavy atom. The Kier molecular flexibility index (Phi) is 4.26. The molecule has 3 aromatic rings. The van der Waals surface area contributed by atoms with E-state index >= 15 is 0 Å². The van der Waals surface area contributed by atoms with Crippen LogP contribution in [0.15, 0.2) is 54.7 Å². The molecule has 0 unspecified atom stereocenters. The van der Waals surface area contributed by atoms with Gasteiger partial charge in [-0.2, -0.15) is 0 Å². The Morgan fingerprint density at radius 3 is 2.75 bits per heavy atom. The molecule has 2 heterocycles. The molecule has 0 aliphatic carbocycles. The van der Waals surface area contributed by atoms with E-state index in [0.29, 0.717) is 5.92 Å². The standard InChI is InChI=1S/C21H24N2O/c1-24-21-11-5-2-7-16(21)8-6-12-23-14-17(15-23)19-13-22-20-10-4-3-9-18(19)20/h2-5,7,9-11,13,17,22H,6,8,12,14-15H2,1H3. The maximum Gasteiger partial charge on any atom is 0.122 e. The van der Waals surface area contributed by atoms with Crippen LogP contribution in [0.5, 0.6) is 5.75 Å². The molecule has 24 heavy (non-hydrogen) atoms. The van der Waals surface area contributed by atoms with Crippen molar-refractivity contribution in [2.45, 2.75) is 18.8 Å². The first-order valence-corrected chi connectivity index (χ1v) is 8.75. The molecule has 1 saturated heterocycles. The van der Waals surface area contributed by atoms with Gasteiger partial charge in [0.25, 0.3) is 0 Å². The minimum absolute atomic E-state index is 0.674. The highest BCUT2D eigenvalue weighted by molar-refractivity contribution is 5.83. The van der Waals surface area contributed by atoms with Crippen LogP contribution in [0.3, 0.4) is 0 Å². The number of aromatic amines is 1. The van der Waals surface area contributed by atoms with Crippen LogP contribution in [-0.4, -0.2) is 36.6 Å². The number of aryl methyl sites for hydroxylation is 1. The number of likely N-dealkylation sites (tertiary alicyclic amines) is 1. The third kappa shape index (κ3) is 2.92. The summed E-state index contributed by atoms with van der Waals surface area (Å²) < 4.78 is 5.43. The predicted octanol–water partition coefficient (Wildman–Crippen LogP) is 4.21. The molecule has 124 valence electrons. The molecule has 0 radical (unpaired) electrons. The molecule has 1 aromatic heterocycles. The number of methoxy groups -OCH3 is 1. The normalized spacial score (nSPS) is 15.5. The highest BCUT2D eigenvalue weighted by Gasteiger charge is 2.29. The Hall–Kier alpha value is -2.26. The number of rotatable bonds is 6. The van der Waals surface area contributed by atoms with E-state index in [2.05, 4.69) is 52.5 Å². The zero-order valence-electron chi connectivity index (χ0n) is 14.2. The summed E-state index contributed by atoms with van der Waals surface area (Å²) in [5, 5.41) is 1.39. The number of aromatic nitrogens is 1. The lowest BCUT2D eigenvalue weighted by atomic mass is 9.91. The monoisotopic (exact) mass is 320 g/mol. The second-order valence-electron chi connectivity index (χ2n) is 6.66. The predicted molar refractivity (Wildman–Crippen MR) is 98.8 cm³/mol. The summed E-state index contributed by atoms with van der Waals surface area (Å²) in [5.41, 5.74) is 4.04. The molecule has 0 amide bonds. The van der Waals surface area contributed by atoms with Gasteiger partial charge in [-0.3, -0.25) is 0 Å². The van der Waals surface area contributed by atoms with Gasteiger partial charge in [-0.25, -0.2) is 0 Å². The SMILES string of the molecule is COc1ccccc1CCCN1CC(c2c[nH]c3ccccc23)C1. The number of hydrogen-bond donors (Lipinski definition) is 1. The van der Waals surface area contributed by atoms with Crippen molar-refractivity contribution in [3.05, 3.63) is 65.9 Å². The van der Waals surface area contributed by atoms with Crippen LogP contribution in [-0.2, 0) is 6.42 Å². The van der Waals surface area contributed by atoms with E-state index in [-0.39, 0.29) is 0 Å². The molecule has 1 N–H and O–H groups in total. The minimum atomic E-state index is 0.674. The van der Waals surface area contributed by atoms with Gasteiger partial charge in [0, 0.05) is 36.1 Å². The largest absolute Gasteiger partial charge is 0.496 e. The van der Waals surface area contributed by atoms with Crippen LogP contribution in [0, 0.1) is 0 Å². The second-order valence-corrected chi connectivity index (χ2v) is 6.66. The van der Waals surface area contributed by atoms with E-state index in [1.54, 1.807) is 7.11 Å². The van der Waals surface area contributed by atoms with Crippen molar-refractivity contribution >= 4 is 10.9 Å². The van der Waals surface area contributed by atoms with Crippen molar-refractivity contribution in [2.24, 2.45) is 0 Å². The van der Waals surface area contributed by atoms with Gasteiger partial charge < -0.3 is 14.6 Å². The van der Waals surface area contributed by atoms with Crippen LogP contribution < -0.4 is 4.74 Å². The molecule has 2 aromatic carbocycles. The lowest BCUT2D eigenvalue weighted by molar-refractivity contribution is 0.147. The maximum atomic E-state index is 5.43. The number of nitrogens with zero attached hydrogens (tertiary/aromatic N) is 1. The Morgan fingerprint density at radius 1 is 1.08 bits per heavy atom. The second kappa shape index (κ2) is 6.70. The smallest absolute Gasteiger partial charge is 0.122 e. The van der Waals surface area contributed by atoms with Gasteiger partial charge in [-0.1, -0.05) is 36.4 Å². The summed E-state index contributed by atoms with van der Waals surface area (Å²) in [4.78, 5) is 5.95. The molecular formula is C21H24N2O. The van der Waals surface area contributed by atoms with Gasteiger partial charge >= 0.3 is 0 Å². The van der Waals surface area contributed by atoms with Gasteiger partial charge in [-0.05, 0) is 42.6 Å². The first-order valence-electron chi connectivity index (χ1n) is 8.75. The first kappa shape index (κ1) is 15.3. The van der Waals surface area contributed by atoms with Gasteiger partial charge in [0.05, 0.1) is 7.11 Å². The van der Waals surface area contributed by atoms with E-state index in [0.717, 1.165) is 18.7 Å². The van der Waals surface area contributed by atoms with Crippen molar-refractivity contribution in [2.75, 3.05) is 26.7 Å². The Balaban J connectivity index is 1.29. The number of ether oxygens (including phenoxy) is 1. The van der Waals surface area contributed by atoms with Crippen LogP contribution in [0.25, 0.3) is 10.9 Å². The zero-order valence-corrected chi connectivity index (χ0v) is 14.2. The fourth-order valence-corrected chi connectivity index (χ4v) is 3.78. The lowest BCUT2D eigenvalue weighted by Crippen LogP contribution is -2.45. The molecule has 3 heteroatoms. The van der Waals surface area contributed by atoms with Crippen LogP contribution in [0.2, 0.25) is 0 Å². The number of para-hydroxylation sites is 2. The van der Waals surface area contributed by atoms with Crippen molar-refractivity contribution < 1.29 is 4.74 Å². The molecule has 1 fully saturated rings. The maximum absolute atomic E-state index is 5.43. The van der Waals surface area contributed by atoms with Crippen LogP contribution in [0.4, 0.5) is 0 Å². The van der Waals surface area contributed by atoms with Gasteiger partial charge in [-0.15, -0.1) is 0 Å². The summed E-state index contributed by atoms with van der Waals surface area (Å²) in [6.45, 7) is 3.51. The Bertz CT molecular complexity index is 817. The summed E-state index contributed by atoms with van der Waals surface area (Å²) >= 11 is 0. The van der Waals surface area contributed by atoms with Crippen molar-refractivity contribution in [3.63, 3.8) is 0 Å². The molecule has 0 spiro atoms. The number of fused-ring (bicyclic) bond motifs is 1. The molecule has 0 atom stereocenters. The number of benzene rings is 2. The molecule has 3 nitrogen and oxygen atoms in total. The van der Waals surface area contributed by atoms with Gasteiger partial charge in [0.1, 0.15) is 5.75 Å². The zero-order chi connectivity index (χ0) is 16.4. The molecule has 1 aliphatic heterocycles. The Labute approximate surface area is 143 Å². The summed E-state index contributed by atoms with van der Waals surface area (Å²) in [6, 6.07) is 16.9. The van der Waals surface area contributed by atoms with E-state index in [9.17, 15) is 0 Å². The average molecular weight is 320 g/mol. The van der Waals surface area contributed by atoms with Crippen LogP contribution in [0.1, 0.15) is 23.5 Å². The van der Waals surface area contributed by atoms with E-state index in [4.69, 9.17) is 4.74 Å². The summed E-state index contributed by atoms with van der Waals surface area (Å²) in [5.74, 6) is 1.69. The first-order chi connectivity index (χ1) is 11.8. The average Bonchev–Trinajstić information content (AvgIpc) is 3.01. The molecule has 0 saturated carbocycles. The number of nitrogens with one attached hydrogen (secondary N) is 1. The van der Waals surface area contributed by atoms with Crippen molar-refractivity contribution in [1.29, 1.82) is 0 Å². The highest BCUT2D eigenvalue weighted by atomic mass is 16.5. The molecule has 0 bridgehead atoms. The molecular weight excluding hydrogens is 296 g/mol. The third-order valence-corrected chi connectivity index (χ3v) is 5.13. The number of hydrogen-bond acceptors (Lipinski definition) is 2.